The van der Waals surface area contributed by atoms with Crippen molar-refractivity contribution in [2.75, 3.05) is 10.3 Å². The summed E-state index contributed by atoms with van der Waals surface area (Å²) in [5, 5.41) is 12.4. The number of nitrogens with zero attached hydrogens (tertiary/aromatic N) is 4. The summed E-state index contributed by atoms with van der Waals surface area (Å²) in [5.41, 5.74) is 8.54. The first-order chi connectivity index (χ1) is 20.1. The van der Waals surface area contributed by atoms with Gasteiger partial charge in [-0.15, -0.1) is 0 Å². The van der Waals surface area contributed by atoms with Gasteiger partial charge in [-0.3, -0.25) is 25.8 Å². The van der Waals surface area contributed by atoms with E-state index in [1.54, 1.807) is 0 Å². The molecule has 0 unspecified atom stereocenters. The topological polar surface area (TPSA) is 113 Å². The molecule has 0 aliphatic heterocycles. The van der Waals surface area contributed by atoms with Crippen LogP contribution >= 0.6 is 0 Å². The minimum Gasteiger partial charge on any atom is -0.342 e. The highest BCUT2D eigenvalue weighted by Gasteiger charge is 2.29. The number of amides is 1. The van der Waals surface area contributed by atoms with Crippen molar-refractivity contribution in [1.82, 2.24) is 15.4 Å². The molecular formula is C32H28N6O3. The number of aromatic nitrogens is 2. The van der Waals surface area contributed by atoms with Crippen LogP contribution in [0.5, 0.6) is 0 Å². The van der Waals surface area contributed by atoms with E-state index < -0.39 is 10.8 Å². The van der Waals surface area contributed by atoms with Gasteiger partial charge in [0.25, 0.3) is 0 Å². The Morgan fingerprint density at radius 2 is 1.20 bits per heavy atom. The van der Waals surface area contributed by atoms with E-state index in [0.29, 0.717) is 13.1 Å². The summed E-state index contributed by atoms with van der Waals surface area (Å²) in [4.78, 5) is 35.7. The van der Waals surface area contributed by atoms with Crippen LogP contribution in [-0.2, 0) is 17.9 Å². The van der Waals surface area contributed by atoms with Gasteiger partial charge in [0.2, 0.25) is 17.5 Å². The second-order valence-electron chi connectivity index (χ2n) is 9.35. The molecule has 5 rings (SSSR count). The third kappa shape index (κ3) is 6.72. The monoisotopic (exact) mass is 544 g/mol. The highest BCUT2D eigenvalue weighted by molar-refractivity contribution is 5.88. The fourth-order valence-corrected chi connectivity index (χ4v) is 4.65. The van der Waals surface area contributed by atoms with Crippen molar-refractivity contribution in [3.63, 3.8) is 0 Å². The molecule has 0 aliphatic rings. The van der Waals surface area contributed by atoms with Crippen molar-refractivity contribution < 1.29 is 9.72 Å². The van der Waals surface area contributed by atoms with Crippen LogP contribution in [0.4, 0.5) is 17.3 Å². The highest BCUT2D eigenvalue weighted by atomic mass is 16.6. The molecule has 0 aliphatic carbocycles. The normalized spacial score (nSPS) is 10.7. The van der Waals surface area contributed by atoms with E-state index >= 15 is 0 Å². The van der Waals surface area contributed by atoms with Gasteiger partial charge in [0, 0.05) is 13.1 Å². The number of hydrazine groups is 1. The number of carbonyl (C=O) groups excluding carboxylic acids is 1. The molecule has 0 atom stereocenters. The Morgan fingerprint density at radius 3 is 1.66 bits per heavy atom. The standard InChI is InChI=1S/C32H28N6O3/c39-32(28(26-17-9-3-10-18-26)27-19-11-4-12-20-27)36-35-30-29(38(40)41)31(34-23-33-30)37(21-24-13-5-1-6-14-24)22-25-15-7-2-8-16-25/h1-20,23,28H,21-22H2,(H,36,39)(H,33,34,35). The molecule has 1 heterocycles. The van der Waals surface area contributed by atoms with E-state index in [-0.39, 0.29) is 23.2 Å². The van der Waals surface area contributed by atoms with Crippen LogP contribution in [0.25, 0.3) is 0 Å². The zero-order valence-electron chi connectivity index (χ0n) is 22.1. The largest absolute Gasteiger partial charge is 0.355 e. The lowest BCUT2D eigenvalue weighted by Gasteiger charge is -2.24. The highest BCUT2D eigenvalue weighted by Crippen LogP contribution is 2.33. The molecule has 0 fully saturated rings. The summed E-state index contributed by atoms with van der Waals surface area (Å²) in [5.74, 6) is -1.00. The summed E-state index contributed by atoms with van der Waals surface area (Å²) in [6.45, 7) is 0.757. The fraction of sp³-hybridized carbons (Fsp3) is 0.0938. The van der Waals surface area contributed by atoms with E-state index in [4.69, 9.17) is 0 Å². The second kappa shape index (κ2) is 13.0. The number of hydrogen-bond donors (Lipinski definition) is 2. The molecule has 0 radical (unpaired) electrons. The minimum atomic E-state index is -0.641. The molecule has 9 heteroatoms. The van der Waals surface area contributed by atoms with Crippen LogP contribution < -0.4 is 15.8 Å². The van der Waals surface area contributed by atoms with E-state index in [9.17, 15) is 14.9 Å². The zero-order valence-corrected chi connectivity index (χ0v) is 22.1. The first kappa shape index (κ1) is 27.0. The summed E-state index contributed by atoms with van der Waals surface area (Å²) in [6.07, 6.45) is 1.26. The number of benzene rings is 4. The van der Waals surface area contributed by atoms with Crippen molar-refractivity contribution in [3.8, 4) is 0 Å². The van der Waals surface area contributed by atoms with E-state index in [1.165, 1.54) is 6.33 Å². The lowest BCUT2D eigenvalue weighted by Crippen LogP contribution is -2.35. The molecular weight excluding hydrogens is 516 g/mol. The van der Waals surface area contributed by atoms with Crippen molar-refractivity contribution in [2.24, 2.45) is 0 Å². The third-order valence-electron chi connectivity index (χ3n) is 6.55. The number of hydrogen-bond acceptors (Lipinski definition) is 7. The van der Waals surface area contributed by atoms with Gasteiger partial charge in [-0.1, -0.05) is 121 Å². The Morgan fingerprint density at radius 1 is 0.732 bits per heavy atom. The third-order valence-corrected chi connectivity index (χ3v) is 6.55. The Labute approximate surface area is 237 Å². The average molecular weight is 545 g/mol. The van der Waals surface area contributed by atoms with E-state index in [2.05, 4.69) is 20.8 Å². The molecule has 204 valence electrons. The van der Waals surface area contributed by atoms with Gasteiger partial charge in [-0.05, 0) is 22.3 Å². The van der Waals surface area contributed by atoms with Crippen LogP contribution in [0.2, 0.25) is 0 Å². The molecule has 9 nitrogen and oxygen atoms in total. The quantitative estimate of drug-likeness (QED) is 0.158. The lowest BCUT2D eigenvalue weighted by atomic mass is 9.91. The van der Waals surface area contributed by atoms with Gasteiger partial charge in [0.15, 0.2) is 0 Å². The van der Waals surface area contributed by atoms with Gasteiger partial charge in [0.1, 0.15) is 6.33 Å². The number of rotatable bonds is 11. The number of carbonyl (C=O) groups is 1. The van der Waals surface area contributed by atoms with Crippen LogP contribution in [0.15, 0.2) is 128 Å². The summed E-state index contributed by atoms with van der Waals surface area (Å²) < 4.78 is 0. The molecule has 5 aromatic rings. The number of anilines is 2. The number of nitro groups is 1. The SMILES string of the molecule is O=C(NNc1ncnc(N(Cc2ccccc2)Cc2ccccc2)c1[N+](=O)[O-])C(c1ccccc1)c1ccccc1. The van der Waals surface area contributed by atoms with Crippen LogP contribution in [0.3, 0.4) is 0 Å². The van der Waals surface area contributed by atoms with Crippen LogP contribution in [0.1, 0.15) is 28.2 Å². The van der Waals surface area contributed by atoms with Crippen molar-refractivity contribution in [1.29, 1.82) is 0 Å². The second-order valence-corrected chi connectivity index (χ2v) is 9.35. The molecule has 0 saturated carbocycles. The molecule has 0 spiro atoms. The zero-order chi connectivity index (χ0) is 28.4. The average Bonchev–Trinajstić information content (AvgIpc) is 3.01. The smallest absolute Gasteiger partial charge is 0.342 e. The molecule has 1 aromatic heterocycles. The summed E-state index contributed by atoms with van der Waals surface area (Å²) >= 11 is 0. The van der Waals surface area contributed by atoms with E-state index in [0.717, 1.165) is 22.3 Å². The maximum Gasteiger partial charge on any atom is 0.355 e. The Balaban J connectivity index is 1.46. The Hall–Kier alpha value is -5.57. The Bertz CT molecular complexity index is 1500. The number of nitrogens with one attached hydrogen (secondary N) is 2. The van der Waals surface area contributed by atoms with Gasteiger partial charge in [-0.25, -0.2) is 9.97 Å². The molecule has 1 amide bonds. The van der Waals surface area contributed by atoms with Gasteiger partial charge >= 0.3 is 5.69 Å². The summed E-state index contributed by atoms with van der Waals surface area (Å²) in [7, 11) is 0. The molecule has 0 bridgehead atoms. The minimum absolute atomic E-state index is 0.112. The van der Waals surface area contributed by atoms with Crippen LogP contribution in [-0.4, -0.2) is 20.8 Å². The van der Waals surface area contributed by atoms with Crippen LogP contribution in [0, 0.1) is 10.1 Å². The molecule has 2 N–H and O–H groups in total. The predicted molar refractivity (Wildman–Crippen MR) is 158 cm³/mol. The van der Waals surface area contributed by atoms with Crippen molar-refractivity contribution in [3.05, 3.63) is 160 Å². The first-order valence-corrected chi connectivity index (χ1v) is 13.1. The van der Waals surface area contributed by atoms with Gasteiger partial charge in [0.05, 0.1) is 10.8 Å². The maximum atomic E-state index is 13.5. The molecule has 41 heavy (non-hydrogen) atoms. The molecule has 0 saturated heterocycles. The van der Waals surface area contributed by atoms with Gasteiger partial charge < -0.3 is 4.90 Å². The van der Waals surface area contributed by atoms with Gasteiger partial charge in [-0.2, -0.15) is 0 Å². The fourth-order valence-electron chi connectivity index (χ4n) is 4.65. The Kier molecular flexibility index (Phi) is 8.56. The predicted octanol–water partition coefficient (Wildman–Crippen LogP) is 5.87. The molecule has 4 aromatic carbocycles. The lowest BCUT2D eigenvalue weighted by molar-refractivity contribution is -0.383. The van der Waals surface area contributed by atoms with Crippen molar-refractivity contribution in [2.45, 2.75) is 19.0 Å². The first-order valence-electron chi connectivity index (χ1n) is 13.1. The van der Waals surface area contributed by atoms with E-state index in [1.807, 2.05) is 126 Å². The van der Waals surface area contributed by atoms with Crippen molar-refractivity contribution >= 4 is 23.2 Å². The maximum absolute atomic E-state index is 13.5. The summed E-state index contributed by atoms with van der Waals surface area (Å²) in [6, 6.07) is 38.0.